The van der Waals surface area contributed by atoms with E-state index in [1.165, 1.54) is 4.90 Å². The van der Waals surface area contributed by atoms with Gasteiger partial charge in [0.2, 0.25) is 23.6 Å². The molecule has 0 bridgehead atoms. The summed E-state index contributed by atoms with van der Waals surface area (Å²) in [5, 5.41) is 68.7. The van der Waals surface area contributed by atoms with Crippen LogP contribution in [0.1, 0.15) is 320 Å². The molecule has 4 saturated heterocycles. The van der Waals surface area contributed by atoms with E-state index in [1.807, 2.05) is 240 Å². The number of halogens is 1. The Hall–Kier alpha value is -10.8. The first-order chi connectivity index (χ1) is 66.5. The first-order valence-corrected chi connectivity index (χ1v) is 52.0. The number of aromatic nitrogens is 8. The van der Waals surface area contributed by atoms with Gasteiger partial charge in [0.15, 0.2) is 23.1 Å². The minimum atomic E-state index is -0.740. The number of aryl methyl sites for hydroxylation is 4. The molecule has 10 aromatic rings. The number of nitriles is 1. The Morgan fingerprint density at radius 2 is 0.796 bits per heavy atom. The van der Waals surface area contributed by atoms with Gasteiger partial charge < -0.3 is 49.1 Å². The van der Waals surface area contributed by atoms with Crippen molar-refractivity contribution in [1.29, 1.82) is 5.26 Å². The number of carbonyl (C=O) groups is 8. The maximum Gasteiger partial charge on any atom is 0.248 e. The largest absolute Gasteiger partial charge is 0.391 e. The van der Waals surface area contributed by atoms with Gasteiger partial charge in [0, 0.05) is 118 Å². The fourth-order valence-electron chi connectivity index (χ4n) is 19.0. The second-order valence-corrected chi connectivity index (χ2v) is 47.6. The molecule has 0 saturated carbocycles. The van der Waals surface area contributed by atoms with Crippen molar-refractivity contribution in [3.63, 3.8) is 0 Å². The predicted octanol–water partition coefficient (Wildman–Crippen LogP) is 19.7. The molecule has 14 atom stereocenters. The zero-order chi connectivity index (χ0) is 104. The highest BCUT2D eigenvalue weighted by Crippen LogP contribution is 2.42. The van der Waals surface area contributed by atoms with E-state index in [-0.39, 0.29) is 163 Å². The Morgan fingerprint density at radius 3 is 1.11 bits per heavy atom. The summed E-state index contributed by atoms with van der Waals surface area (Å²) in [6, 6.07) is 33.2. The minimum Gasteiger partial charge on any atom is -0.391 e. The molecule has 14 unspecified atom stereocenters. The van der Waals surface area contributed by atoms with E-state index >= 15 is 0 Å². The predicted molar refractivity (Wildman–Crippen MR) is 554 cm³/mol. The molecule has 142 heavy (non-hydrogen) atoms. The standard InChI is InChI=1S/C30H40N4O3S.C29H38N4O3S.C27H35N3O4.C26H35ClN2O4/c1-19-26(38-18-31-19)21-11-8-20(9-12-21)10-13-25(36)24-14-23(35)17-33(24)28(37)27(30(5,6)7)34-16-22(15-32-34)29(2,3)4;1-18(2)26(33-15-22(14-31-33)29(4,5)6)28(36)32-16-23(34)13-24(32)25(35)12-9-20-7-10-21(11-8-20)27-19(3)30-17-37-27;1-16(2)25(23-13-24(29-34-23)27(4,5)6)26(33)30-15-20(31)12-21(30)22(32)11-17(3)19-9-7-18(14-28)8-10-19;1-15(2)24(22-13-23(28-33-22)26(4,5)6)25(32)29-14-19(30)12-20(29)21(31)11-16(3)17-7-9-18(27)10-8-17/h8-9,11-12,15-16,18,23-24,27,35H,10,13-14,17H2,1-7H3;7-8,10-11,14-15,17-18,23-24,26,34H,9,12-13,16H2,1-6H3;7-10,13,16-17,20-21,25,31H,11-12,15H2,1-6H3;7-10,13,15-16,19-20,24,30H,11-12,14H2,1-6H3. The fraction of sp³-hybridized carbons (Fsp3) is 0.545. The van der Waals surface area contributed by atoms with Gasteiger partial charge in [-0.25, -0.2) is 9.97 Å². The van der Waals surface area contributed by atoms with Crippen molar-refractivity contribution in [2.75, 3.05) is 26.2 Å². The smallest absolute Gasteiger partial charge is 0.248 e. The molecular formula is C112H148ClN13O14S2. The molecule has 4 fully saturated rings. The zero-order valence-corrected chi connectivity index (χ0v) is 89.8. The molecule has 4 N–H and O–H groups in total. The van der Waals surface area contributed by atoms with E-state index < -0.39 is 77.9 Å². The van der Waals surface area contributed by atoms with Crippen LogP contribution in [0.4, 0.5) is 0 Å². The van der Waals surface area contributed by atoms with E-state index in [2.05, 4.69) is 102 Å². The summed E-state index contributed by atoms with van der Waals surface area (Å²) in [5.41, 5.74) is 15.3. The average molecular weight is 2000 g/mol. The summed E-state index contributed by atoms with van der Waals surface area (Å²) in [7, 11) is 0. The van der Waals surface area contributed by atoms with Crippen LogP contribution in [0.3, 0.4) is 0 Å². The highest BCUT2D eigenvalue weighted by Gasteiger charge is 2.49. The van der Waals surface area contributed by atoms with Crippen LogP contribution < -0.4 is 0 Å². The SMILES string of the molecule is CC(CC(=O)C1CC(O)CN1C(=O)C(c1cc(C(C)(C)C)no1)C(C)C)c1ccc(C#N)cc1.CC(CC(=O)C1CC(O)CN1C(=O)C(c1cc(C(C)(C)C)no1)C(C)C)c1ccc(Cl)cc1.Cc1ncsc1-c1ccc(CCC(=O)C2CC(O)CN2C(=O)C(C(C)C)n2cc(C(C)(C)C)cn2)cc1.Cc1ncsc1-c1ccc(CCC(=O)C2CC(O)CN2C(=O)C(n2cc(C(C)(C)C)cn2)C(C)(C)C)cc1. The molecule has 27 nitrogen and oxygen atoms in total. The number of nitrogens with zero attached hydrogens (tertiary/aromatic N) is 13. The van der Waals surface area contributed by atoms with Crippen LogP contribution in [0, 0.1) is 48.3 Å². The van der Waals surface area contributed by atoms with Gasteiger partial charge in [-0.05, 0) is 141 Å². The molecule has 0 spiro atoms. The first-order valence-electron chi connectivity index (χ1n) is 49.8. The van der Waals surface area contributed by atoms with E-state index in [1.54, 1.807) is 58.9 Å². The number of β-amino-alcohol motifs (C(OH)–C–C–N with tert-alkyl or cyclic N) is 4. The third-order valence-electron chi connectivity index (χ3n) is 27.5. The third-order valence-corrected chi connectivity index (χ3v) is 29.7. The summed E-state index contributed by atoms with van der Waals surface area (Å²) in [6.07, 6.45) is 8.03. The Morgan fingerprint density at radius 1 is 0.451 bits per heavy atom. The van der Waals surface area contributed by atoms with Crippen LogP contribution in [-0.4, -0.2) is 201 Å². The van der Waals surface area contributed by atoms with E-state index in [0.717, 1.165) is 77.0 Å². The van der Waals surface area contributed by atoms with Gasteiger partial charge >= 0.3 is 0 Å². The number of hydrogen-bond acceptors (Lipinski definition) is 23. The van der Waals surface area contributed by atoms with Crippen LogP contribution in [0.25, 0.3) is 20.9 Å². The lowest BCUT2D eigenvalue weighted by atomic mass is 9.85. The van der Waals surface area contributed by atoms with Crippen molar-refractivity contribution in [2.24, 2.45) is 23.2 Å². The zero-order valence-electron chi connectivity index (χ0n) is 87.5. The van der Waals surface area contributed by atoms with Gasteiger partial charge in [-0.15, -0.1) is 22.7 Å². The van der Waals surface area contributed by atoms with E-state index in [4.69, 9.17) is 25.9 Å². The number of hydrogen-bond donors (Lipinski definition) is 4. The van der Waals surface area contributed by atoms with Gasteiger partial charge in [-0.1, -0.05) is 254 Å². The van der Waals surface area contributed by atoms with E-state index in [0.29, 0.717) is 47.8 Å². The van der Waals surface area contributed by atoms with Gasteiger partial charge in [-0.2, -0.15) is 15.5 Å². The molecule has 6 aromatic heterocycles. The normalized spacial score (nSPS) is 19.7. The number of benzene rings is 4. The van der Waals surface area contributed by atoms with Crippen molar-refractivity contribution in [3.8, 4) is 27.0 Å². The summed E-state index contributed by atoms with van der Waals surface area (Å²) in [6.45, 7) is 51.2. The van der Waals surface area contributed by atoms with Crippen molar-refractivity contribution in [3.05, 3.63) is 223 Å². The minimum absolute atomic E-state index is 0.00868. The topological polar surface area (TPSA) is 368 Å². The number of aliphatic hydroxyl groups is 4. The van der Waals surface area contributed by atoms with Crippen molar-refractivity contribution in [1.82, 2.24) is 59.4 Å². The fourth-order valence-corrected chi connectivity index (χ4v) is 20.7. The summed E-state index contributed by atoms with van der Waals surface area (Å²) >= 11 is 9.21. The van der Waals surface area contributed by atoms with Crippen LogP contribution >= 0.6 is 34.3 Å². The summed E-state index contributed by atoms with van der Waals surface area (Å²) in [5.74, 6) is -1.27. The highest BCUT2D eigenvalue weighted by molar-refractivity contribution is 7.13. The third kappa shape index (κ3) is 28.0. The van der Waals surface area contributed by atoms with Crippen LogP contribution in [-0.2, 0) is 72.9 Å². The Labute approximate surface area is 851 Å². The number of Topliss-reactive ketones (excluding diaryl/α,β-unsaturated/α-hetero) is 4. The van der Waals surface area contributed by atoms with Crippen LogP contribution in [0.5, 0.6) is 0 Å². The van der Waals surface area contributed by atoms with Gasteiger partial charge in [0.25, 0.3) is 0 Å². The summed E-state index contributed by atoms with van der Waals surface area (Å²) in [4.78, 5) is 125. The molecule has 4 aromatic carbocycles. The number of rotatable bonds is 29. The summed E-state index contributed by atoms with van der Waals surface area (Å²) < 4.78 is 14.7. The second-order valence-electron chi connectivity index (χ2n) is 45.4. The number of likely N-dealkylation sites (tertiary alicyclic amines) is 4. The molecule has 4 amide bonds. The lowest BCUT2D eigenvalue weighted by Crippen LogP contribution is -2.47. The van der Waals surface area contributed by atoms with Crippen LogP contribution in [0.2, 0.25) is 5.02 Å². The van der Waals surface area contributed by atoms with Crippen molar-refractivity contribution >= 4 is 81.0 Å². The second kappa shape index (κ2) is 46.9. The molecule has 4 aliphatic rings. The Bertz CT molecular complexity index is 6010. The van der Waals surface area contributed by atoms with Crippen LogP contribution in [0.15, 0.2) is 154 Å². The molecule has 0 radical (unpaired) electrons. The molecule has 0 aliphatic carbocycles. The highest BCUT2D eigenvalue weighted by atomic mass is 35.5. The molecule has 764 valence electrons. The maximum atomic E-state index is 14.0. The van der Waals surface area contributed by atoms with Crippen molar-refractivity contribution < 1.29 is 67.8 Å². The number of aliphatic hydroxyl groups excluding tert-OH is 4. The van der Waals surface area contributed by atoms with Gasteiger partial charge in [-0.3, -0.25) is 47.7 Å². The van der Waals surface area contributed by atoms with Gasteiger partial charge in [0.1, 0.15) is 35.4 Å². The number of ketones is 4. The monoisotopic (exact) mass is 2000 g/mol. The van der Waals surface area contributed by atoms with Gasteiger partial charge in [0.05, 0.1) is 116 Å². The molecular weight excluding hydrogens is 1850 g/mol. The number of thiazole rings is 2. The van der Waals surface area contributed by atoms with E-state index in [9.17, 15) is 58.8 Å². The Balaban J connectivity index is 0.000000181. The average Bonchev–Trinajstić information content (AvgIpc) is 1.65. The molecule has 10 heterocycles. The quantitative estimate of drug-likeness (QED) is 0.0338. The molecule has 4 aliphatic heterocycles. The Kier molecular flexibility index (Phi) is 36.8. The molecule has 30 heteroatoms. The lowest BCUT2D eigenvalue weighted by Gasteiger charge is -2.35. The molecule has 14 rings (SSSR count). The lowest BCUT2D eigenvalue weighted by molar-refractivity contribution is -0.143. The van der Waals surface area contributed by atoms with Crippen molar-refractivity contribution in [2.45, 2.75) is 343 Å². The maximum absolute atomic E-state index is 14.0. The first kappa shape index (κ1) is 112. The number of amides is 4. The number of carbonyl (C=O) groups excluding carboxylic acids is 8.